The summed E-state index contributed by atoms with van der Waals surface area (Å²) in [6.45, 7) is 4.06. The van der Waals surface area contributed by atoms with Gasteiger partial charge in [-0.25, -0.2) is 9.97 Å². The Hall–Kier alpha value is -4.18. The Labute approximate surface area is 205 Å². The van der Waals surface area contributed by atoms with Gasteiger partial charge in [0.05, 0.1) is 13.2 Å². The summed E-state index contributed by atoms with van der Waals surface area (Å²) in [6, 6.07) is 13.5. The van der Waals surface area contributed by atoms with Crippen LogP contribution in [0, 0.1) is 6.92 Å². The third kappa shape index (κ3) is 3.70. The number of rotatable bonds is 8. The van der Waals surface area contributed by atoms with E-state index in [9.17, 15) is 4.79 Å². The normalized spacial score (nSPS) is 15.3. The molecule has 1 aliphatic rings. The number of carbonyl (C=O) groups excluding carboxylic acids is 1. The van der Waals surface area contributed by atoms with Crippen molar-refractivity contribution >= 4 is 33.9 Å². The summed E-state index contributed by atoms with van der Waals surface area (Å²) >= 11 is 0. The van der Waals surface area contributed by atoms with Crippen molar-refractivity contribution in [3.8, 4) is 11.7 Å². The van der Waals surface area contributed by atoms with E-state index < -0.39 is 5.41 Å². The van der Waals surface area contributed by atoms with Gasteiger partial charge >= 0.3 is 5.97 Å². The van der Waals surface area contributed by atoms with Gasteiger partial charge < -0.3 is 28.1 Å². The average Bonchev–Trinajstić information content (AvgIpc) is 3.23. The number of carbonyl (C=O) groups is 1. The Balaban J connectivity index is 1.24. The molecule has 36 heavy (non-hydrogen) atoms. The summed E-state index contributed by atoms with van der Waals surface area (Å²) < 4.78 is 28.3. The van der Waals surface area contributed by atoms with Crippen LogP contribution in [0.3, 0.4) is 0 Å². The number of esters is 1. The molecule has 3 heterocycles. The van der Waals surface area contributed by atoms with E-state index in [2.05, 4.69) is 20.4 Å². The predicted octanol–water partition coefficient (Wildman–Crippen LogP) is 5.28. The zero-order valence-corrected chi connectivity index (χ0v) is 20.0. The van der Waals surface area contributed by atoms with E-state index in [4.69, 9.17) is 22.8 Å². The average molecular weight is 489 g/mol. The number of oxazole rings is 2. The lowest BCUT2D eigenvalue weighted by Crippen LogP contribution is -2.22. The van der Waals surface area contributed by atoms with Gasteiger partial charge in [-0.3, -0.25) is 4.79 Å². The van der Waals surface area contributed by atoms with Crippen molar-refractivity contribution in [2.75, 3.05) is 19.2 Å². The molecule has 1 saturated carbocycles. The van der Waals surface area contributed by atoms with Crippen molar-refractivity contribution in [2.45, 2.75) is 38.2 Å². The standard InChI is InChI=1S/C26H24N4O6/c1-14-21(27-13-33-15(2)16-7-5-4-6-8-16)22(36-30-14)23-28-17-11-20-18(12-19(17)34-23)29-24(35-20)26(9-10-26)25(31)32-3/h4-8,11-12,15,27H,9-10,13H2,1-3H3. The molecule has 1 N–H and O–H groups in total. The van der Waals surface area contributed by atoms with Gasteiger partial charge in [-0.1, -0.05) is 35.5 Å². The zero-order chi connectivity index (χ0) is 24.9. The number of nitrogens with zero attached hydrogens (tertiary/aromatic N) is 3. The van der Waals surface area contributed by atoms with Crippen LogP contribution in [-0.4, -0.2) is 34.9 Å². The first kappa shape index (κ1) is 22.3. The molecule has 0 spiro atoms. The fourth-order valence-corrected chi connectivity index (χ4v) is 4.26. The van der Waals surface area contributed by atoms with Crippen LogP contribution in [0.15, 0.2) is 55.8 Å². The Morgan fingerprint density at radius 2 is 1.83 bits per heavy atom. The smallest absolute Gasteiger partial charge is 0.321 e. The number of fused-ring (bicyclic) bond motifs is 2. The van der Waals surface area contributed by atoms with Crippen LogP contribution >= 0.6 is 0 Å². The lowest BCUT2D eigenvalue weighted by molar-refractivity contribution is -0.144. The molecule has 1 unspecified atom stereocenters. The Kier molecular flexibility index (Phi) is 5.26. The van der Waals surface area contributed by atoms with Gasteiger partial charge in [0.1, 0.15) is 34.6 Å². The summed E-state index contributed by atoms with van der Waals surface area (Å²) in [5, 5.41) is 7.29. The maximum Gasteiger partial charge on any atom is 0.321 e. The molecule has 1 atom stereocenters. The van der Waals surface area contributed by atoms with Crippen molar-refractivity contribution in [3.05, 3.63) is 59.6 Å². The minimum absolute atomic E-state index is 0.0894. The zero-order valence-electron chi connectivity index (χ0n) is 20.0. The number of hydrogen-bond donors (Lipinski definition) is 1. The SMILES string of the molecule is COC(=O)C1(c2nc3cc4oc(-c5onc(C)c5NCOC(C)c5ccccc5)nc4cc3o2)CC1. The van der Waals surface area contributed by atoms with Crippen molar-refractivity contribution < 1.29 is 27.6 Å². The molecule has 0 bridgehead atoms. The van der Waals surface area contributed by atoms with Gasteiger partial charge in [0.2, 0.25) is 11.7 Å². The second kappa shape index (κ2) is 8.49. The topological polar surface area (TPSA) is 126 Å². The van der Waals surface area contributed by atoms with E-state index >= 15 is 0 Å². The second-order valence-corrected chi connectivity index (χ2v) is 8.91. The van der Waals surface area contributed by atoms with E-state index in [0.29, 0.717) is 58.1 Å². The van der Waals surface area contributed by atoms with Gasteiger partial charge in [0.15, 0.2) is 11.2 Å². The molecule has 1 fully saturated rings. The maximum atomic E-state index is 12.2. The number of nitrogens with one attached hydrogen (secondary N) is 1. The molecule has 0 aliphatic heterocycles. The van der Waals surface area contributed by atoms with Crippen LogP contribution in [-0.2, 0) is 19.7 Å². The number of ether oxygens (including phenoxy) is 2. The molecule has 2 aromatic carbocycles. The first-order chi connectivity index (χ1) is 17.5. The van der Waals surface area contributed by atoms with Crippen molar-refractivity contribution in [2.24, 2.45) is 0 Å². The molecular formula is C26H24N4O6. The van der Waals surface area contributed by atoms with Crippen LogP contribution in [0.1, 0.15) is 43.0 Å². The van der Waals surface area contributed by atoms with Crippen LogP contribution in [0.25, 0.3) is 33.9 Å². The molecule has 184 valence electrons. The molecule has 1 aliphatic carbocycles. The first-order valence-electron chi connectivity index (χ1n) is 11.7. The molecular weight excluding hydrogens is 464 g/mol. The third-order valence-electron chi connectivity index (χ3n) is 6.54. The molecule has 0 amide bonds. The molecule has 0 saturated heterocycles. The monoisotopic (exact) mass is 488 g/mol. The van der Waals surface area contributed by atoms with Gasteiger partial charge in [0.25, 0.3) is 5.89 Å². The molecule has 6 rings (SSSR count). The predicted molar refractivity (Wildman–Crippen MR) is 129 cm³/mol. The number of benzene rings is 2. The molecule has 0 radical (unpaired) electrons. The Morgan fingerprint density at radius 1 is 1.11 bits per heavy atom. The minimum atomic E-state index is -0.786. The van der Waals surface area contributed by atoms with E-state index in [1.54, 1.807) is 12.1 Å². The van der Waals surface area contributed by atoms with Crippen LogP contribution in [0.5, 0.6) is 0 Å². The summed E-state index contributed by atoms with van der Waals surface area (Å²) in [7, 11) is 1.37. The van der Waals surface area contributed by atoms with E-state index in [-0.39, 0.29) is 24.7 Å². The largest absolute Gasteiger partial charge is 0.468 e. The number of anilines is 1. The molecule has 3 aromatic heterocycles. The first-order valence-corrected chi connectivity index (χ1v) is 11.7. The maximum absolute atomic E-state index is 12.2. The third-order valence-corrected chi connectivity index (χ3v) is 6.54. The Bertz CT molecular complexity index is 1510. The van der Waals surface area contributed by atoms with E-state index in [0.717, 1.165) is 5.56 Å². The number of aromatic nitrogens is 3. The number of methoxy groups -OCH3 is 1. The van der Waals surface area contributed by atoms with Crippen LogP contribution in [0.4, 0.5) is 5.69 Å². The summed E-state index contributed by atoms with van der Waals surface area (Å²) in [5.74, 6) is 0.665. The lowest BCUT2D eigenvalue weighted by Gasteiger charge is -2.14. The highest BCUT2D eigenvalue weighted by Crippen LogP contribution is 2.49. The van der Waals surface area contributed by atoms with E-state index in [1.807, 2.05) is 44.2 Å². The number of hydrogen-bond acceptors (Lipinski definition) is 10. The molecule has 10 nitrogen and oxygen atoms in total. The van der Waals surface area contributed by atoms with Crippen LogP contribution < -0.4 is 5.32 Å². The quantitative estimate of drug-likeness (QED) is 0.228. The fraction of sp³-hybridized carbons (Fsp3) is 0.308. The molecule has 10 heteroatoms. The van der Waals surface area contributed by atoms with Gasteiger partial charge in [-0.2, -0.15) is 0 Å². The van der Waals surface area contributed by atoms with Gasteiger partial charge in [-0.15, -0.1) is 0 Å². The highest BCUT2D eigenvalue weighted by atomic mass is 16.5. The number of aryl methyl sites for hydroxylation is 1. The minimum Gasteiger partial charge on any atom is -0.468 e. The molecule has 5 aromatic rings. The van der Waals surface area contributed by atoms with Crippen molar-refractivity contribution in [1.29, 1.82) is 0 Å². The van der Waals surface area contributed by atoms with Crippen molar-refractivity contribution in [1.82, 2.24) is 15.1 Å². The Morgan fingerprint density at radius 3 is 2.56 bits per heavy atom. The van der Waals surface area contributed by atoms with Crippen LogP contribution in [0.2, 0.25) is 0 Å². The highest BCUT2D eigenvalue weighted by molar-refractivity contribution is 5.92. The van der Waals surface area contributed by atoms with E-state index in [1.165, 1.54) is 7.11 Å². The lowest BCUT2D eigenvalue weighted by atomic mass is 10.1. The van der Waals surface area contributed by atoms with Crippen molar-refractivity contribution in [3.63, 3.8) is 0 Å². The fourth-order valence-electron chi connectivity index (χ4n) is 4.26. The highest BCUT2D eigenvalue weighted by Gasteiger charge is 2.57. The summed E-state index contributed by atoms with van der Waals surface area (Å²) in [4.78, 5) is 21.3. The van der Waals surface area contributed by atoms with Gasteiger partial charge in [0, 0.05) is 12.1 Å². The summed E-state index contributed by atoms with van der Waals surface area (Å²) in [5.41, 5.74) is 3.76. The summed E-state index contributed by atoms with van der Waals surface area (Å²) in [6.07, 6.45) is 1.22. The van der Waals surface area contributed by atoms with Gasteiger partial charge in [-0.05, 0) is 32.3 Å². The second-order valence-electron chi connectivity index (χ2n) is 8.91.